The third kappa shape index (κ3) is 1.93. The van der Waals surface area contributed by atoms with Crippen LogP contribution in [0, 0.1) is 0 Å². The summed E-state index contributed by atoms with van der Waals surface area (Å²) < 4.78 is 18.8. The van der Waals surface area contributed by atoms with Crippen LogP contribution in [0.25, 0.3) is 0 Å². The van der Waals surface area contributed by atoms with Crippen LogP contribution in [0.5, 0.6) is 0 Å². The van der Waals surface area contributed by atoms with Crippen LogP contribution in [0.3, 0.4) is 0 Å². The van der Waals surface area contributed by atoms with Gasteiger partial charge in [-0.25, -0.2) is 0 Å². The zero-order valence-electron chi connectivity index (χ0n) is 13.6. The van der Waals surface area contributed by atoms with Gasteiger partial charge in [0.1, 0.15) is 16.8 Å². The molecule has 2 aromatic heterocycles. The van der Waals surface area contributed by atoms with E-state index in [4.69, 9.17) is 13.9 Å². The minimum atomic E-state index is -0.310. The topological polar surface area (TPSA) is 31.6 Å². The van der Waals surface area contributed by atoms with Crippen molar-refractivity contribution in [3.05, 3.63) is 46.5 Å². The van der Waals surface area contributed by atoms with Gasteiger partial charge in [-0.15, -0.1) is 11.3 Å². The fraction of sp³-hybridized carbons (Fsp3) is 0.579. The van der Waals surface area contributed by atoms with E-state index >= 15 is 0 Å². The van der Waals surface area contributed by atoms with Gasteiger partial charge in [-0.1, -0.05) is 6.07 Å². The molecule has 0 aliphatic carbocycles. The minimum Gasteiger partial charge on any atom is -0.468 e. The van der Waals surface area contributed by atoms with E-state index < -0.39 is 0 Å². The van der Waals surface area contributed by atoms with Crippen molar-refractivity contribution >= 4 is 23.1 Å². The number of hydrogen-bond acceptors (Lipinski definition) is 5. The fourth-order valence-corrected chi connectivity index (χ4v) is 7.53. The minimum absolute atomic E-state index is 0.181. The Bertz CT molecular complexity index is 611. The Hall–Kier alpha value is -0.750. The van der Waals surface area contributed by atoms with E-state index in [1.165, 1.54) is 23.5 Å². The lowest BCUT2D eigenvalue weighted by atomic mass is 9.59. The second-order valence-corrected chi connectivity index (χ2v) is 9.21. The average molecular weight is 363 g/mol. The zero-order chi connectivity index (χ0) is 16.0. The highest BCUT2D eigenvalue weighted by Crippen LogP contribution is 2.64. The predicted octanol–water partition coefficient (Wildman–Crippen LogP) is 4.58. The molecular formula is C19H22O3S2. The summed E-state index contributed by atoms with van der Waals surface area (Å²) >= 11 is 3.88. The predicted molar refractivity (Wildman–Crippen MR) is 96.8 cm³/mol. The molecule has 0 amide bonds. The largest absolute Gasteiger partial charge is 0.468 e. The number of furan rings is 1. The van der Waals surface area contributed by atoms with Crippen LogP contribution < -0.4 is 0 Å². The van der Waals surface area contributed by atoms with E-state index in [0.717, 1.165) is 25.2 Å². The third-order valence-electron chi connectivity index (χ3n) is 5.90. The molecular weight excluding hydrogens is 340 g/mol. The lowest BCUT2D eigenvalue weighted by molar-refractivity contribution is -0.270. The third-order valence-corrected chi connectivity index (χ3v) is 8.38. The Morgan fingerprint density at radius 1 is 1.12 bits per heavy atom. The maximum atomic E-state index is 6.55. The summed E-state index contributed by atoms with van der Waals surface area (Å²) in [6.45, 7) is 1.55. The Morgan fingerprint density at radius 3 is 2.71 bits per heavy atom. The second kappa shape index (κ2) is 5.90. The van der Waals surface area contributed by atoms with Crippen molar-refractivity contribution < 1.29 is 13.9 Å². The van der Waals surface area contributed by atoms with Crippen molar-refractivity contribution in [1.29, 1.82) is 0 Å². The number of ether oxygens (including phenoxy) is 2. The molecule has 3 aliphatic heterocycles. The number of rotatable bonds is 4. The van der Waals surface area contributed by atoms with Gasteiger partial charge in [0.2, 0.25) is 0 Å². The highest BCUT2D eigenvalue weighted by Gasteiger charge is 2.72. The summed E-state index contributed by atoms with van der Waals surface area (Å²) in [6.07, 6.45) is 6.68. The SMILES string of the molecule is c1coc(C2(C3CCCO3)COC2(c2cccs2)C2CCCS2)c1. The van der Waals surface area contributed by atoms with Crippen LogP contribution in [0.15, 0.2) is 40.3 Å². The normalized spacial score (nSPS) is 39.2. The number of hydrogen-bond donors (Lipinski definition) is 0. The van der Waals surface area contributed by atoms with Gasteiger partial charge in [-0.2, -0.15) is 11.8 Å². The van der Waals surface area contributed by atoms with Crippen LogP contribution in [0.1, 0.15) is 36.3 Å². The molecule has 0 N–H and O–H groups in total. The van der Waals surface area contributed by atoms with Gasteiger partial charge in [-0.05, 0) is 55.0 Å². The van der Waals surface area contributed by atoms with Gasteiger partial charge in [0, 0.05) is 16.7 Å². The van der Waals surface area contributed by atoms with Crippen molar-refractivity contribution in [2.75, 3.05) is 19.0 Å². The van der Waals surface area contributed by atoms with Crippen LogP contribution in [0.4, 0.5) is 0 Å². The molecule has 0 saturated carbocycles. The van der Waals surface area contributed by atoms with Crippen molar-refractivity contribution in [3.63, 3.8) is 0 Å². The Morgan fingerprint density at radius 2 is 2.12 bits per heavy atom. The summed E-state index contributed by atoms with van der Waals surface area (Å²) in [7, 11) is 0. The fourth-order valence-electron chi connectivity index (χ4n) is 4.84. The van der Waals surface area contributed by atoms with Crippen molar-refractivity contribution in [2.24, 2.45) is 0 Å². The maximum Gasteiger partial charge on any atom is 0.131 e. The van der Waals surface area contributed by atoms with Crippen LogP contribution in [-0.2, 0) is 20.5 Å². The van der Waals surface area contributed by atoms with Gasteiger partial charge < -0.3 is 13.9 Å². The lowest BCUT2D eigenvalue weighted by Crippen LogP contribution is -2.72. The van der Waals surface area contributed by atoms with E-state index in [0.29, 0.717) is 11.9 Å². The monoisotopic (exact) mass is 362 g/mol. The van der Waals surface area contributed by atoms with Gasteiger partial charge in [0.25, 0.3) is 0 Å². The molecule has 5 heteroatoms. The van der Waals surface area contributed by atoms with E-state index in [1.54, 1.807) is 6.26 Å². The Balaban J connectivity index is 1.70. The van der Waals surface area contributed by atoms with Crippen molar-refractivity contribution in [3.8, 4) is 0 Å². The molecule has 3 saturated heterocycles. The molecule has 0 spiro atoms. The Kier molecular flexibility index (Phi) is 3.81. The van der Waals surface area contributed by atoms with Crippen molar-refractivity contribution in [1.82, 2.24) is 0 Å². The standard InChI is InChI=1S/C19H22O3S2/c1-5-14(20-9-1)18(15-6-2-10-21-15)13-22-19(18,16-7-3-11-23-16)17-8-4-12-24-17/h1,3,5,7,9,11,15,17H,2,4,6,8,10,12-13H2. The van der Waals surface area contributed by atoms with E-state index in [9.17, 15) is 0 Å². The molecule has 3 nitrogen and oxygen atoms in total. The summed E-state index contributed by atoms with van der Waals surface area (Å²) in [5, 5.41) is 2.64. The highest BCUT2D eigenvalue weighted by atomic mass is 32.2. The van der Waals surface area contributed by atoms with Gasteiger partial charge in [-0.3, -0.25) is 0 Å². The van der Waals surface area contributed by atoms with Crippen LogP contribution in [0.2, 0.25) is 0 Å². The van der Waals surface area contributed by atoms with Crippen LogP contribution in [-0.4, -0.2) is 30.3 Å². The summed E-state index contributed by atoms with van der Waals surface area (Å²) in [5.74, 6) is 2.27. The maximum absolute atomic E-state index is 6.55. The van der Waals surface area contributed by atoms with Crippen LogP contribution >= 0.6 is 23.1 Å². The summed E-state index contributed by atoms with van der Waals surface area (Å²) in [6, 6.07) is 8.53. The molecule has 24 heavy (non-hydrogen) atoms. The first kappa shape index (κ1) is 15.5. The molecule has 4 atom stereocenters. The van der Waals surface area contributed by atoms with E-state index in [1.807, 2.05) is 17.4 Å². The van der Waals surface area contributed by atoms with Gasteiger partial charge in [0.15, 0.2) is 0 Å². The summed E-state index contributed by atoms with van der Waals surface area (Å²) in [5.41, 5.74) is -0.505. The average Bonchev–Trinajstić information content (AvgIpc) is 3.37. The summed E-state index contributed by atoms with van der Waals surface area (Å²) in [4.78, 5) is 1.33. The first-order chi connectivity index (χ1) is 11.9. The first-order valence-electron chi connectivity index (χ1n) is 8.83. The molecule has 2 aromatic rings. The molecule has 0 bridgehead atoms. The molecule has 0 aromatic carbocycles. The smallest absolute Gasteiger partial charge is 0.131 e. The quantitative estimate of drug-likeness (QED) is 0.797. The lowest BCUT2D eigenvalue weighted by Gasteiger charge is -2.61. The number of thioether (sulfide) groups is 1. The Labute approximate surface area is 150 Å². The second-order valence-electron chi connectivity index (χ2n) is 6.95. The number of thiophene rings is 1. The zero-order valence-corrected chi connectivity index (χ0v) is 15.2. The van der Waals surface area contributed by atoms with Crippen molar-refractivity contribution in [2.45, 2.75) is 48.1 Å². The molecule has 3 fully saturated rings. The molecule has 5 rings (SSSR count). The van der Waals surface area contributed by atoms with E-state index in [2.05, 4.69) is 35.3 Å². The molecule has 5 heterocycles. The molecule has 4 unspecified atom stereocenters. The van der Waals surface area contributed by atoms with Gasteiger partial charge >= 0.3 is 0 Å². The molecule has 128 valence electrons. The molecule has 3 aliphatic rings. The highest BCUT2D eigenvalue weighted by molar-refractivity contribution is 8.00. The first-order valence-corrected chi connectivity index (χ1v) is 10.8. The van der Waals surface area contributed by atoms with Gasteiger partial charge in [0.05, 0.1) is 19.0 Å². The molecule has 0 radical (unpaired) electrons. The van der Waals surface area contributed by atoms with E-state index in [-0.39, 0.29) is 17.1 Å².